The lowest BCUT2D eigenvalue weighted by molar-refractivity contribution is 0.0897. The zero-order chi connectivity index (χ0) is 12.4. The third-order valence-corrected chi connectivity index (χ3v) is 2.75. The number of carbonyl (C=O) groups is 1. The van der Waals surface area contributed by atoms with E-state index >= 15 is 0 Å². The van der Waals surface area contributed by atoms with Gasteiger partial charge in [-0.05, 0) is 18.2 Å². The van der Waals surface area contributed by atoms with Gasteiger partial charge in [-0.2, -0.15) is 5.10 Å². The van der Waals surface area contributed by atoms with Gasteiger partial charge >= 0.3 is 0 Å². The predicted octanol–water partition coefficient (Wildman–Crippen LogP) is 2.31. The van der Waals surface area contributed by atoms with E-state index in [1.807, 2.05) is 36.4 Å². The molecule has 0 saturated heterocycles. The molecule has 0 aliphatic rings. The molecule has 88 valence electrons. The molecule has 4 nitrogen and oxygen atoms in total. The van der Waals surface area contributed by atoms with Gasteiger partial charge in [0.15, 0.2) is 0 Å². The second-order valence-corrected chi connectivity index (χ2v) is 4.02. The zero-order valence-electron chi connectivity index (χ0n) is 9.65. The van der Waals surface area contributed by atoms with Crippen LogP contribution < -0.4 is 0 Å². The normalized spacial score (nSPS) is 10.7. The lowest BCUT2D eigenvalue weighted by Crippen LogP contribution is -2.14. The lowest BCUT2D eigenvalue weighted by atomic mass is 10.2. The number of benzene rings is 1. The highest BCUT2D eigenvalue weighted by molar-refractivity contribution is 5.82. The van der Waals surface area contributed by atoms with Gasteiger partial charge in [-0.1, -0.05) is 24.3 Å². The van der Waals surface area contributed by atoms with Gasteiger partial charge in [-0.15, -0.1) is 0 Å². The lowest BCUT2D eigenvalue weighted by Gasteiger charge is -2.02. The molecule has 3 aromatic rings. The Hall–Kier alpha value is -2.49. The van der Waals surface area contributed by atoms with Crippen LogP contribution in [-0.4, -0.2) is 20.7 Å². The van der Waals surface area contributed by atoms with E-state index in [2.05, 4.69) is 10.1 Å². The third kappa shape index (κ3) is 2.00. The van der Waals surface area contributed by atoms with Crippen molar-refractivity contribution in [2.75, 3.05) is 0 Å². The van der Waals surface area contributed by atoms with Crippen LogP contribution in [0.1, 0.15) is 10.5 Å². The van der Waals surface area contributed by atoms with Crippen molar-refractivity contribution < 1.29 is 4.79 Å². The molecule has 3 rings (SSSR count). The van der Waals surface area contributed by atoms with E-state index in [4.69, 9.17) is 0 Å². The molecule has 0 aliphatic carbocycles. The topological polar surface area (TPSA) is 47.8 Å². The number of hydrogen-bond donors (Lipinski definition) is 0. The van der Waals surface area contributed by atoms with Gasteiger partial charge < -0.3 is 0 Å². The highest BCUT2D eigenvalue weighted by Crippen LogP contribution is 2.12. The van der Waals surface area contributed by atoms with Gasteiger partial charge in [0.05, 0.1) is 17.6 Å². The monoisotopic (exact) mass is 237 g/mol. The van der Waals surface area contributed by atoms with Gasteiger partial charge in [-0.3, -0.25) is 9.78 Å². The largest absolute Gasteiger partial charge is 0.272 e. The van der Waals surface area contributed by atoms with Crippen LogP contribution in [0.5, 0.6) is 0 Å². The summed E-state index contributed by atoms with van der Waals surface area (Å²) in [5, 5.41) is 4.99. The molecule has 0 radical (unpaired) electrons. The summed E-state index contributed by atoms with van der Waals surface area (Å²) < 4.78 is 1.33. The van der Waals surface area contributed by atoms with Crippen molar-refractivity contribution in [2.45, 2.75) is 6.42 Å². The van der Waals surface area contributed by atoms with E-state index in [1.54, 1.807) is 18.5 Å². The van der Waals surface area contributed by atoms with Crippen LogP contribution in [0.4, 0.5) is 0 Å². The number of carbonyl (C=O) groups excluding carboxylic acids is 1. The molecule has 2 aromatic heterocycles. The van der Waals surface area contributed by atoms with Crippen molar-refractivity contribution in [3.05, 3.63) is 60.6 Å². The minimum absolute atomic E-state index is 0.0808. The number of aromatic nitrogens is 3. The Morgan fingerprint density at radius 2 is 2.00 bits per heavy atom. The average molecular weight is 237 g/mol. The first kappa shape index (κ1) is 10.7. The predicted molar refractivity (Wildman–Crippen MR) is 68.3 cm³/mol. The van der Waals surface area contributed by atoms with Crippen LogP contribution in [0.3, 0.4) is 0 Å². The molecular weight excluding hydrogens is 226 g/mol. The first-order valence-electron chi connectivity index (χ1n) is 5.70. The van der Waals surface area contributed by atoms with Crippen LogP contribution in [0.25, 0.3) is 10.9 Å². The van der Waals surface area contributed by atoms with Crippen LogP contribution in [0.15, 0.2) is 54.9 Å². The number of pyridine rings is 1. The Bertz CT molecular complexity index is 689. The third-order valence-electron chi connectivity index (χ3n) is 2.75. The minimum atomic E-state index is -0.0808. The standard InChI is InChI=1S/C14H11N3O/c18-14(17-9-3-8-15-17)10-12-7-6-11-4-1-2-5-13(11)16-12/h1-9H,10H2. The summed E-state index contributed by atoms with van der Waals surface area (Å²) in [6, 6.07) is 13.4. The summed E-state index contributed by atoms with van der Waals surface area (Å²) in [5.41, 5.74) is 1.66. The molecule has 1 aromatic carbocycles. The molecule has 0 saturated carbocycles. The van der Waals surface area contributed by atoms with E-state index in [-0.39, 0.29) is 12.3 Å². The quantitative estimate of drug-likeness (QED) is 0.687. The Labute approximate surface area is 104 Å². The summed E-state index contributed by atoms with van der Waals surface area (Å²) in [6.07, 6.45) is 3.49. The molecule has 0 N–H and O–H groups in total. The van der Waals surface area contributed by atoms with E-state index in [0.717, 1.165) is 16.6 Å². The van der Waals surface area contributed by atoms with E-state index in [1.165, 1.54) is 4.68 Å². The number of para-hydroxylation sites is 1. The van der Waals surface area contributed by atoms with Gasteiger partial charge in [-0.25, -0.2) is 4.68 Å². The summed E-state index contributed by atoms with van der Waals surface area (Å²) in [5.74, 6) is -0.0808. The van der Waals surface area contributed by atoms with Gasteiger partial charge in [0.1, 0.15) is 0 Å². The molecule has 0 atom stereocenters. The highest BCUT2D eigenvalue weighted by Gasteiger charge is 2.07. The summed E-state index contributed by atoms with van der Waals surface area (Å²) in [6.45, 7) is 0. The number of nitrogens with zero attached hydrogens (tertiary/aromatic N) is 3. The van der Waals surface area contributed by atoms with Crippen LogP contribution in [0, 0.1) is 0 Å². The van der Waals surface area contributed by atoms with Gasteiger partial charge in [0, 0.05) is 17.8 Å². The molecule has 4 heteroatoms. The number of rotatable bonds is 2. The Balaban J connectivity index is 1.89. The van der Waals surface area contributed by atoms with Crippen LogP contribution in [-0.2, 0) is 6.42 Å². The number of fused-ring (bicyclic) bond motifs is 1. The maximum Gasteiger partial charge on any atom is 0.252 e. The molecule has 0 unspecified atom stereocenters. The Kier molecular flexibility index (Phi) is 2.61. The smallest absolute Gasteiger partial charge is 0.252 e. The van der Waals surface area contributed by atoms with Crippen molar-refractivity contribution in [3.63, 3.8) is 0 Å². The maximum absolute atomic E-state index is 11.9. The first-order chi connectivity index (χ1) is 8.83. The molecular formula is C14H11N3O. The van der Waals surface area contributed by atoms with E-state index in [0.29, 0.717) is 0 Å². The Morgan fingerprint density at radius 3 is 2.83 bits per heavy atom. The highest BCUT2D eigenvalue weighted by atomic mass is 16.2. The fraction of sp³-hybridized carbons (Fsp3) is 0.0714. The summed E-state index contributed by atoms with van der Waals surface area (Å²) in [7, 11) is 0. The molecule has 0 spiro atoms. The summed E-state index contributed by atoms with van der Waals surface area (Å²) >= 11 is 0. The van der Waals surface area contributed by atoms with E-state index in [9.17, 15) is 4.79 Å². The average Bonchev–Trinajstić information content (AvgIpc) is 2.92. The van der Waals surface area contributed by atoms with Gasteiger partial charge in [0.2, 0.25) is 0 Å². The second kappa shape index (κ2) is 4.41. The van der Waals surface area contributed by atoms with E-state index < -0.39 is 0 Å². The Morgan fingerprint density at radius 1 is 1.11 bits per heavy atom. The zero-order valence-corrected chi connectivity index (χ0v) is 9.65. The van der Waals surface area contributed by atoms with Crippen LogP contribution >= 0.6 is 0 Å². The second-order valence-electron chi connectivity index (χ2n) is 4.02. The van der Waals surface area contributed by atoms with Crippen LogP contribution in [0.2, 0.25) is 0 Å². The number of hydrogen-bond acceptors (Lipinski definition) is 3. The van der Waals surface area contributed by atoms with Crippen molar-refractivity contribution in [1.82, 2.24) is 14.8 Å². The molecule has 18 heavy (non-hydrogen) atoms. The minimum Gasteiger partial charge on any atom is -0.272 e. The maximum atomic E-state index is 11.9. The van der Waals surface area contributed by atoms with Crippen molar-refractivity contribution in [3.8, 4) is 0 Å². The fourth-order valence-electron chi connectivity index (χ4n) is 1.86. The molecule has 0 fully saturated rings. The van der Waals surface area contributed by atoms with Crippen molar-refractivity contribution >= 4 is 16.8 Å². The molecule has 0 amide bonds. The first-order valence-corrected chi connectivity index (χ1v) is 5.70. The SMILES string of the molecule is O=C(Cc1ccc2ccccc2n1)n1cccn1. The van der Waals surface area contributed by atoms with Crippen molar-refractivity contribution in [2.24, 2.45) is 0 Å². The van der Waals surface area contributed by atoms with Gasteiger partial charge in [0.25, 0.3) is 5.91 Å². The van der Waals surface area contributed by atoms with Crippen molar-refractivity contribution in [1.29, 1.82) is 0 Å². The molecule has 2 heterocycles. The summed E-state index contributed by atoms with van der Waals surface area (Å²) in [4.78, 5) is 16.3. The molecule has 0 aliphatic heterocycles. The molecule has 0 bridgehead atoms. The fourth-order valence-corrected chi connectivity index (χ4v) is 1.86.